The van der Waals surface area contributed by atoms with Crippen LogP contribution in [-0.2, 0) is 0 Å². The first-order valence-corrected chi connectivity index (χ1v) is 18.7. The summed E-state index contributed by atoms with van der Waals surface area (Å²) in [6.07, 6.45) is 0. The minimum atomic E-state index is 0.653. The van der Waals surface area contributed by atoms with E-state index < -0.39 is 0 Å². The minimum absolute atomic E-state index is 0.653. The smallest absolute Gasteiger partial charge is 0.164 e. The summed E-state index contributed by atoms with van der Waals surface area (Å²) in [5.41, 5.74) is 5.33. The van der Waals surface area contributed by atoms with E-state index in [1.54, 1.807) is 0 Å². The molecule has 0 unspecified atom stereocenters. The van der Waals surface area contributed by atoms with Gasteiger partial charge in [-0.05, 0) is 90.6 Å². The molecule has 0 saturated carbocycles. The van der Waals surface area contributed by atoms with Crippen molar-refractivity contribution in [1.82, 2.24) is 15.0 Å². The van der Waals surface area contributed by atoms with Crippen LogP contribution in [0.5, 0.6) is 0 Å². The summed E-state index contributed by atoms with van der Waals surface area (Å²) in [5, 5.41) is 12.2. The van der Waals surface area contributed by atoms with Gasteiger partial charge in [0.05, 0.1) is 0 Å². The van der Waals surface area contributed by atoms with E-state index in [0.717, 1.165) is 27.5 Å². The van der Waals surface area contributed by atoms with Crippen molar-refractivity contribution in [2.24, 2.45) is 0 Å². The molecule has 246 valence electrons. The van der Waals surface area contributed by atoms with Gasteiger partial charge in [-0.25, -0.2) is 15.0 Å². The molecule has 3 nitrogen and oxygen atoms in total. The highest BCUT2D eigenvalue weighted by Crippen LogP contribution is 2.44. The monoisotopic (exact) mass is 691 g/mol. The first-order valence-electron chi connectivity index (χ1n) is 17.9. The second-order valence-electron chi connectivity index (χ2n) is 13.5. The Hall–Kier alpha value is -6.75. The first-order chi connectivity index (χ1) is 26.3. The second kappa shape index (κ2) is 11.9. The van der Waals surface area contributed by atoms with Gasteiger partial charge in [-0.15, -0.1) is 11.3 Å². The molecule has 0 fully saturated rings. The lowest BCUT2D eigenvalue weighted by molar-refractivity contribution is 1.08. The largest absolute Gasteiger partial charge is 0.208 e. The van der Waals surface area contributed by atoms with Crippen LogP contribution in [0, 0.1) is 0 Å². The van der Waals surface area contributed by atoms with Gasteiger partial charge in [0, 0.05) is 36.9 Å². The Kier molecular flexibility index (Phi) is 6.73. The van der Waals surface area contributed by atoms with Crippen LogP contribution in [0.15, 0.2) is 176 Å². The fourth-order valence-corrected chi connectivity index (χ4v) is 9.12. The molecule has 0 radical (unpaired) electrons. The minimum Gasteiger partial charge on any atom is -0.208 e. The molecule has 11 rings (SSSR count). The SMILES string of the molecule is c1ccc(-c2nc(-c3ccc4sc5ccccc5c4c3)nc(-c3ccc(-c4c5ccccc5cc5c4ccc4ccccc45)c4ccccc34)n2)cc1. The van der Waals surface area contributed by atoms with Gasteiger partial charge in [0.15, 0.2) is 17.5 Å². The van der Waals surface area contributed by atoms with E-state index in [9.17, 15) is 0 Å². The molecule has 0 saturated heterocycles. The lowest BCUT2D eigenvalue weighted by atomic mass is 9.87. The van der Waals surface area contributed by atoms with Crippen LogP contribution >= 0.6 is 11.3 Å². The van der Waals surface area contributed by atoms with Crippen molar-refractivity contribution in [3.8, 4) is 45.3 Å². The number of aromatic nitrogens is 3. The number of fused-ring (bicyclic) bond motifs is 8. The van der Waals surface area contributed by atoms with Crippen molar-refractivity contribution in [2.75, 3.05) is 0 Å². The Morgan fingerprint density at radius 3 is 1.74 bits per heavy atom. The molecule has 11 aromatic rings. The molecule has 9 aromatic carbocycles. The summed E-state index contributed by atoms with van der Waals surface area (Å²) in [7, 11) is 0. The molecule has 0 spiro atoms. The van der Waals surface area contributed by atoms with Gasteiger partial charge in [-0.1, -0.05) is 140 Å². The molecule has 2 heterocycles. The topological polar surface area (TPSA) is 38.7 Å². The predicted molar refractivity (Wildman–Crippen MR) is 224 cm³/mol. The van der Waals surface area contributed by atoms with E-state index in [1.165, 1.54) is 63.6 Å². The number of rotatable bonds is 4. The Morgan fingerprint density at radius 1 is 0.302 bits per heavy atom. The summed E-state index contributed by atoms with van der Waals surface area (Å²) in [6, 6.07) is 62.8. The van der Waals surface area contributed by atoms with Crippen molar-refractivity contribution in [3.63, 3.8) is 0 Å². The quantitative estimate of drug-likeness (QED) is 0.136. The zero-order valence-electron chi connectivity index (χ0n) is 28.5. The van der Waals surface area contributed by atoms with Gasteiger partial charge in [-0.3, -0.25) is 0 Å². The lowest BCUT2D eigenvalue weighted by Crippen LogP contribution is -2.01. The van der Waals surface area contributed by atoms with E-state index in [1.807, 2.05) is 29.5 Å². The molecule has 0 aliphatic heterocycles. The van der Waals surface area contributed by atoms with Crippen LogP contribution in [0.25, 0.3) is 109 Å². The molecule has 53 heavy (non-hydrogen) atoms. The van der Waals surface area contributed by atoms with Crippen LogP contribution in [0.1, 0.15) is 0 Å². The molecule has 0 aliphatic carbocycles. The third-order valence-electron chi connectivity index (χ3n) is 10.5. The standard InChI is InChI=1S/C49H29N3S/c1-2-13-31(14-3-1)47-50-48(33-23-27-45-43(29-33)38-20-10-11-21-44(38)53-45)52-49(51-47)41-26-25-39(36-18-8-9-19-37(36)41)46-35-17-7-5-15-32(35)28-42-34-16-6-4-12-30(34)22-24-40(42)46/h1-29H. The maximum atomic E-state index is 5.24. The molecular weight excluding hydrogens is 663 g/mol. The van der Waals surface area contributed by atoms with E-state index in [4.69, 9.17) is 15.0 Å². The summed E-state index contributed by atoms with van der Waals surface area (Å²) in [6.45, 7) is 0. The van der Waals surface area contributed by atoms with Crippen LogP contribution in [0.4, 0.5) is 0 Å². The summed E-state index contributed by atoms with van der Waals surface area (Å²) in [4.78, 5) is 15.5. The average Bonchev–Trinajstić information content (AvgIpc) is 3.61. The number of benzene rings is 9. The number of thiophene rings is 1. The number of hydrogen-bond acceptors (Lipinski definition) is 4. The molecule has 0 bridgehead atoms. The molecule has 4 heteroatoms. The molecular formula is C49H29N3S. The summed E-state index contributed by atoms with van der Waals surface area (Å²) < 4.78 is 2.53. The van der Waals surface area contributed by atoms with Crippen LogP contribution in [0.3, 0.4) is 0 Å². The van der Waals surface area contributed by atoms with Crippen molar-refractivity contribution in [1.29, 1.82) is 0 Å². The van der Waals surface area contributed by atoms with Gasteiger partial charge >= 0.3 is 0 Å². The van der Waals surface area contributed by atoms with Crippen LogP contribution in [0.2, 0.25) is 0 Å². The summed E-state index contributed by atoms with van der Waals surface area (Å²) in [5.74, 6) is 1.97. The highest BCUT2D eigenvalue weighted by Gasteiger charge is 2.19. The van der Waals surface area contributed by atoms with Gasteiger partial charge < -0.3 is 0 Å². The highest BCUT2D eigenvalue weighted by molar-refractivity contribution is 7.25. The Balaban J connectivity index is 1.16. The number of nitrogens with zero attached hydrogens (tertiary/aromatic N) is 3. The molecule has 0 aliphatic rings. The fraction of sp³-hybridized carbons (Fsp3) is 0. The zero-order chi connectivity index (χ0) is 34.9. The van der Waals surface area contributed by atoms with Crippen molar-refractivity contribution < 1.29 is 0 Å². The number of hydrogen-bond donors (Lipinski definition) is 0. The highest BCUT2D eigenvalue weighted by atomic mass is 32.1. The Bertz CT molecular complexity index is 3240. The van der Waals surface area contributed by atoms with Gasteiger partial charge in [0.1, 0.15) is 0 Å². The van der Waals surface area contributed by atoms with E-state index in [2.05, 4.69) is 158 Å². The fourth-order valence-electron chi connectivity index (χ4n) is 8.03. The van der Waals surface area contributed by atoms with Crippen molar-refractivity contribution >= 4 is 74.6 Å². The molecule has 0 amide bonds. The van der Waals surface area contributed by atoms with E-state index >= 15 is 0 Å². The molecule has 0 atom stereocenters. The van der Waals surface area contributed by atoms with Gasteiger partial charge in [-0.2, -0.15) is 0 Å². The van der Waals surface area contributed by atoms with E-state index in [-0.39, 0.29) is 0 Å². The van der Waals surface area contributed by atoms with Crippen LogP contribution in [-0.4, -0.2) is 15.0 Å². The van der Waals surface area contributed by atoms with Crippen LogP contribution < -0.4 is 0 Å². The average molecular weight is 692 g/mol. The third kappa shape index (κ3) is 4.84. The Labute approximate surface area is 309 Å². The zero-order valence-corrected chi connectivity index (χ0v) is 29.3. The molecule has 0 N–H and O–H groups in total. The normalized spacial score (nSPS) is 11.8. The van der Waals surface area contributed by atoms with E-state index in [0.29, 0.717) is 17.5 Å². The first kappa shape index (κ1) is 29.9. The second-order valence-corrected chi connectivity index (χ2v) is 14.6. The van der Waals surface area contributed by atoms with Gasteiger partial charge in [0.2, 0.25) is 0 Å². The molecule has 2 aromatic heterocycles. The third-order valence-corrected chi connectivity index (χ3v) is 11.7. The lowest BCUT2D eigenvalue weighted by Gasteiger charge is -2.17. The maximum absolute atomic E-state index is 5.24. The Morgan fingerprint density at radius 2 is 0.906 bits per heavy atom. The van der Waals surface area contributed by atoms with Gasteiger partial charge in [0.25, 0.3) is 0 Å². The van der Waals surface area contributed by atoms with Crippen molar-refractivity contribution in [2.45, 2.75) is 0 Å². The predicted octanol–water partition coefficient (Wildman–Crippen LogP) is 13.5. The summed E-state index contributed by atoms with van der Waals surface area (Å²) >= 11 is 1.81. The maximum Gasteiger partial charge on any atom is 0.164 e. The van der Waals surface area contributed by atoms with Crippen molar-refractivity contribution in [3.05, 3.63) is 176 Å².